The van der Waals surface area contributed by atoms with E-state index >= 15 is 0 Å². The molecule has 5 heteroatoms. The van der Waals surface area contributed by atoms with Crippen molar-refractivity contribution in [3.8, 4) is 0 Å². The van der Waals surface area contributed by atoms with Crippen molar-refractivity contribution in [2.45, 2.75) is 45.8 Å². The summed E-state index contributed by atoms with van der Waals surface area (Å²) in [6.07, 6.45) is 5.95. The van der Waals surface area contributed by atoms with Crippen molar-refractivity contribution in [2.24, 2.45) is 0 Å². The number of carbonyl (C=O) groups excluding carboxylic acids is 1. The molecule has 1 fully saturated rings. The van der Waals surface area contributed by atoms with Crippen molar-refractivity contribution in [1.29, 1.82) is 0 Å². The summed E-state index contributed by atoms with van der Waals surface area (Å²) in [5, 5.41) is 2.51. The second-order valence-corrected chi connectivity index (χ2v) is 5.02. The van der Waals surface area contributed by atoms with Crippen molar-refractivity contribution in [2.75, 3.05) is 0 Å². The molecule has 0 bridgehead atoms. The summed E-state index contributed by atoms with van der Waals surface area (Å²) in [7, 11) is -0.455. The number of amides is 1. The zero-order chi connectivity index (χ0) is 13.1. The molecule has 0 aliphatic carbocycles. The Hall–Kier alpha value is -1.07. The van der Waals surface area contributed by atoms with Gasteiger partial charge in [0.1, 0.15) is 0 Å². The minimum atomic E-state index is -0.455. The third kappa shape index (κ3) is 2.98. The minimum Gasteiger partial charge on any atom is -0.399 e. The largest absolute Gasteiger partial charge is 0.496 e. The van der Waals surface area contributed by atoms with Gasteiger partial charge in [-0.15, -0.1) is 0 Å². The monoisotopic (exact) mass is 237 g/mol. The normalized spacial score (nSPS) is 23.1. The Morgan fingerprint density at radius 3 is 2.12 bits per heavy atom. The molecule has 4 nitrogen and oxygen atoms in total. The lowest BCUT2D eigenvalue weighted by molar-refractivity contribution is -0.108. The molecule has 0 radical (unpaired) electrons. The fourth-order valence-corrected chi connectivity index (χ4v) is 1.50. The second kappa shape index (κ2) is 5.06. The van der Waals surface area contributed by atoms with Gasteiger partial charge < -0.3 is 14.6 Å². The molecule has 1 aliphatic heterocycles. The van der Waals surface area contributed by atoms with Crippen LogP contribution in [0.25, 0.3) is 0 Å². The number of rotatable bonds is 4. The Bertz CT molecular complexity index is 332. The first-order valence-electron chi connectivity index (χ1n) is 5.72. The highest BCUT2D eigenvalue weighted by Crippen LogP contribution is 2.38. The van der Waals surface area contributed by atoms with Crippen LogP contribution in [-0.2, 0) is 14.1 Å². The quantitative estimate of drug-likeness (QED) is 0.461. The Balaban J connectivity index is 2.90. The molecule has 0 saturated carbocycles. The lowest BCUT2D eigenvalue weighted by Crippen LogP contribution is -2.41. The summed E-state index contributed by atoms with van der Waals surface area (Å²) in [6.45, 7) is 9.88. The third-order valence-corrected chi connectivity index (χ3v) is 3.20. The molecular weight excluding hydrogens is 217 g/mol. The van der Waals surface area contributed by atoms with Crippen molar-refractivity contribution in [3.05, 3.63) is 23.8 Å². The number of nitrogens with one attached hydrogen (secondary N) is 1. The van der Waals surface area contributed by atoms with E-state index in [1.54, 1.807) is 6.20 Å². The molecule has 0 aromatic carbocycles. The van der Waals surface area contributed by atoms with Gasteiger partial charge in [-0.05, 0) is 40.1 Å². The van der Waals surface area contributed by atoms with E-state index in [1.165, 1.54) is 0 Å². The highest BCUT2D eigenvalue weighted by atomic mass is 16.7. The van der Waals surface area contributed by atoms with Crippen LogP contribution in [0.2, 0.25) is 0 Å². The van der Waals surface area contributed by atoms with E-state index in [2.05, 4.69) is 5.32 Å². The van der Waals surface area contributed by atoms with Crippen LogP contribution in [0, 0.1) is 0 Å². The van der Waals surface area contributed by atoms with Crippen LogP contribution in [0.3, 0.4) is 0 Å². The lowest BCUT2D eigenvalue weighted by Gasteiger charge is -2.32. The van der Waals surface area contributed by atoms with E-state index in [1.807, 2.05) is 46.8 Å². The summed E-state index contributed by atoms with van der Waals surface area (Å²) in [5.74, 6) is 0. The van der Waals surface area contributed by atoms with E-state index < -0.39 is 7.12 Å². The predicted octanol–water partition coefficient (Wildman–Crippen LogP) is 1.82. The summed E-state index contributed by atoms with van der Waals surface area (Å²) < 4.78 is 11.8. The highest BCUT2D eigenvalue weighted by molar-refractivity contribution is 6.55. The van der Waals surface area contributed by atoms with Gasteiger partial charge in [0.2, 0.25) is 6.41 Å². The molecule has 0 aromatic heterocycles. The first kappa shape index (κ1) is 14.0. The number of carbonyl (C=O) groups is 1. The molecule has 94 valence electrons. The van der Waals surface area contributed by atoms with Gasteiger partial charge in [0.05, 0.1) is 11.2 Å². The smallest absolute Gasteiger partial charge is 0.399 e. The van der Waals surface area contributed by atoms with Gasteiger partial charge in [-0.3, -0.25) is 4.79 Å². The van der Waals surface area contributed by atoms with Crippen molar-refractivity contribution >= 4 is 13.5 Å². The van der Waals surface area contributed by atoms with Gasteiger partial charge in [0.15, 0.2) is 0 Å². The molecule has 17 heavy (non-hydrogen) atoms. The molecule has 0 unspecified atom stereocenters. The fraction of sp³-hybridized carbons (Fsp3) is 0.583. The highest BCUT2D eigenvalue weighted by Gasteiger charge is 2.52. The van der Waals surface area contributed by atoms with Crippen molar-refractivity contribution in [1.82, 2.24) is 5.32 Å². The Kier molecular flexibility index (Phi) is 4.17. The molecule has 1 aliphatic rings. The number of hydrogen-bond acceptors (Lipinski definition) is 3. The first-order valence-corrected chi connectivity index (χ1v) is 5.72. The standard InChI is InChI=1S/C12H20BNO3/c1-6-7-10(8-14-9-15)13-16-11(2,3)12(4,5)17-13/h6-9H,1-5H3,(H,14,15)/b7-6-,10-8+. The topological polar surface area (TPSA) is 47.6 Å². The molecule has 1 amide bonds. The second-order valence-electron chi connectivity index (χ2n) is 5.02. The van der Waals surface area contributed by atoms with E-state index in [9.17, 15) is 4.79 Å². The average Bonchev–Trinajstić information content (AvgIpc) is 2.43. The minimum absolute atomic E-state index is 0.375. The van der Waals surface area contributed by atoms with Gasteiger partial charge in [0, 0.05) is 6.20 Å². The summed E-state index contributed by atoms with van der Waals surface area (Å²) in [6, 6.07) is 0. The first-order chi connectivity index (χ1) is 7.84. The maximum absolute atomic E-state index is 10.3. The van der Waals surface area contributed by atoms with Crippen LogP contribution in [0.1, 0.15) is 34.6 Å². The summed E-state index contributed by atoms with van der Waals surface area (Å²) in [4.78, 5) is 10.3. The van der Waals surface area contributed by atoms with E-state index in [-0.39, 0.29) is 11.2 Å². The molecule has 1 N–H and O–H groups in total. The third-order valence-electron chi connectivity index (χ3n) is 3.20. The van der Waals surface area contributed by atoms with Gasteiger partial charge in [-0.25, -0.2) is 0 Å². The van der Waals surface area contributed by atoms with Crippen LogP contribution in [0.5, 0.6) is 0 Å². The molecule has 1 rings (SSSR count). The van der Waals surface area contributed by atoms with Crippen LogP contribution < -0.4 is 5.32 Å². The molecule has 1 heterocycles. The van der Waals surface area contributed by atoms with Crippen molar-refractivity contribution < 1.29 is 14.1 Å². The van der Waals surface area contributed by atoms with Crippen LogP contribution >= 0.6 is 0 Å². The Labute approximate surface area is 103 Å². The molecular formula is C12H20BNO3. The van der Waals surface area contributed by atoms with Gasteiger partial charge >= 0.3 is 7.12 Å². The summed E-state index contributed by atoms with van der Waals surface area (Å²) >= 11 is 0. The zero-order valence-electron chi connectivity index (χ0n) is 11.1. The molecule has 0 aromatic rings. The number of hydrogen-bond donors (Lipinski definition) is 1. The van der Waals surface area contributed by atoms with Crippen LogP contribution in [-0.4, -0.2) is 24.7 Å². The predicted molar refractivity (Wildman–Crippen MR) is 68.2 cm³/mol. The average molecular weight is 237 g/mol. The number of allylic oxidation sites excluding steroid dienone is 3. The molecule has 0 spiro atoms. The molecule has 1 saturated heterocycles. The van der Waals surface area contributed by atoms with Crippen LogP contribution in [0.15, 0.2) is 23.8 Å². The Morgan fingerprint density at radius 1 is 1.18 bits per heavy atom. The van der Waals surface area contributed by atoms with E-state index in [4.69, 9.17) is 9.31 Å². The zero-order valence-corrected chi connectivity index (χ0v) is 11.1. The van der Waals surface area contributed by atoms with E-state index in [0.29, 0.717) is 6.41 Å². The van der Waals surface area contributed by atoms with Gasteiger partial charge in [-0.2, -0.15) is 0 Å². The van der Waals surface area contributed by atoms with Crippen LogP contribution in [0.4, 0.5) is 0 Å². The van der Waals surface area contributed by atoms with Gasteiger partial charge in [0.25, 0.3) is 0 Å². The molecule has 0 atom stereocenters. The maximum Gasteiger partial charge on any atom is 0.496 e. The lowest BCUT2D eigenvalue weighted by atomic mass is 9.78. The SMILES string of the molecule is C/C=C\C(=C/NC=O)B1OC(C)(C)C(C)(C)O1. The van der Waals surface area contributed by atoms with Crippen molar-refractivity contribution in [3.63, 3.8) is 0 Å². The maximum atomic E-state index is 10.3. The fourth-order valence-electron chi connectivity index (χ4n) is 1.50. The van der Waals surface area contributed by atoms with E-state index in [0.717, 1.165) is 5.47 Å². The summed E-state index contributed by atoms with van der Waals surface area (Å²) in [5.41, 5.74) is 0.0391. The Morgan fingerprint density at radius 2 is 1.71 bits per heavy atom. The van der Waals surface area contributed by atoms with Gasteiger partial charge in [-0.1, -0.05) is 12.2 Å².